The van der Waals surface area contributed by atoms with Gasteiger partial charge >= 0.3 is 0 Å². The van der Waals surface area contributed by atoms with Gasteiger partial charge in [0.1, 0.15) is 5.75 Å². The highest BCUT2D eigenvalue weighted by Gasteiger charge is 2.31. The second kappa shape index (κ2) is 7.32. The number of aryl methyl sites for hydroxylation is 1. The number of aromatic nitrogens is 1. The summed E-state index contributed by atoms with van der Waals surface area (Å²) in [6.45, 7) is 6.86. The number of amides is 1. The van der Waals surface area contributed by atoms with Crippen molar-refractivity contribution in [1.82, 2.24) is 14.8 Å². The van der Waals surface area contributed by atoms with Crippen molar-refractivity contribution in [3.05, 3.63) is 45.9 Å². The Hall–Kier alpha value is -1.92. The van der Waals surface area contributed by atoms with Crippen LogP contribution >= 0.6 is 11.3 Å². The van der Waals surface area contributed by atoms with Crippen molar-refractivity contribution in [3.8, 4) is 5.75 Å². The summed E-state index contributed by atoms with van der Waals surface area (Å²) in [6, 6.07) is 7.97. The van der Waals surface area contributed by atoms with E-state index in [2.05, 4.69) is 21.3 Å². The molecule has 24 heavy (non-hydrogen) atoms. The van der Waals surface area contributed by atoms with Crippen LogP contribution in [0, 0.1) is 6.92 Å². The topological polar surface area (TPSA) is 45.7 Å². The number of carbonyl (C=O) groups excluding carboxylic acids is 1. The highest BCUT2D eigenvalue weighted by atomic mass is 32.1. The third kappa shape index (κ3) is 3.60. The molecule has 1 aliphatic rings. The van der Waals surface area contributed by atoms with Gasteiger partial charge in [-0.1, -0.05) is 18.2 Å². The van der Waals surface area contributed by atoms with Crippen molar-refractivity contribution >= 4 is 17.2 Å². The fraction of sp³-hybridized carbons (Fsp3) is 0.444. The van der Waals surface area contributed by atoms with Crippen LogP contribution in [0.15, 0.2) is 29.6 Å². The van der Waals surface area contributed by atoms with Crippen LogP contribution in [0.5, 0.6) is 5.75 Å². The molecule has 1 aromatic carbocycles. The van der Waals surface area contributed by atoms with Crippen molar-refractivity contribution in [2.24, 2.45) is 0 Å². The zero-order valence-corrected chi connectivity index (χ0v) is 15.2. The van der Waals surface area contributed by atoms with Gasteiger partial charge in [0, 0.05) is 44.0 Å². The molecule has 6 heteroatoms. The molecule has 1 saturated heterocycles. The fourth-order valence-corrected chi connectivity index (χ4v) is 3.88. The average Bonchev–Trinajstić information content (AvgIpc) is 2.99. The number of piperazine rings is 1. The molecule has 0 saturated carbocycles. The normalized spacial score (nSPS) is 18.6. The zero-order valence-electron chi connectivity index (χ0n) is 14.4. The number of hydrogen-bond acceptors (Lipinski definition) is 5. The number of ether oxygens (including phenoxy) is 1. The number of carbonyl (C=O) groups is 1. The molecule has 2 heterocycles. The molecule has 0 radical (unpaired) electrons. The van der Waals surface area contributed by atoms with Crippen molar-refractivity contribution in [2.75, 3.05) is 26.7 Å². The summed E-state index contributed by atoms with van der Waals surface area (Å²) in [5.41, 5.74) is 2.17. The molecule has 5 nitrogen and oxygen atoms in total. The molecule has 3 rings (SSSR count). The van der Waals surface area contributed by atoms with Gasteiger partial charge in [0.25, 0.3) is 0 Å². The second-order valence-electron chi connectivity index (χ2n) is 6.06. The number of para-hydroxylation sites is 1. The van der Waals surface area contributed by atoms with Gasteiger partial charge in [-0.2, -0.15) is 0 Å². The fourth-order valence-electron chi connectivity index (χ4n) is 3.28. The van der Waals surface area contributed by atoms with Crippen LogP contribution in [0.25, 0.3) is 0 Å². The first-order valence-electron chi connectivity index (χ1n) is 8.12. The summed E-state index contributed by atoms with van der Waals surface area (Å²) < 4.78 is 5.52. The molecule has 0 bridgehead atoms. The summed E-state index contributed by atoms with van der Waals surface area (Å²) in [6.07, 6.45) is 0. The maximum absolute atomic E-state index is 12.1. The lowest BCUT2D eigenvalue weighted by Crippen LogP contribution is -2.49. The summed E-state index contributed by atoms with van der Waals surface area (Å²) >= 11 is 1.68. The number of benzene rings is 1. The molecule has 0 spiro atoms. The molecule has 1 amide bonds. The van der Waals surface area contributed by atoms with Crippen LogP contribution in [-0.4, -0.2) is 47.4 Å². The van der Waals surface area contributed by atoms with Gasteiger partial charge in [0.05, 0.1) is 23.9 Å². The van der Waals surface area contributed by atoms with Crippen molar-refractivity contribution < 1.29 is 9.53 Å². The molecular formula is C18H23N3O2S. The molecule has 0 unspecified atom stereocenters. The van der Waals surface area contributed by atoms with E-state index in [1.165, 1.54) is 0 Å². The maximum Gasteiger partial charge on any atom is 0.220 e. The Balaban J connectivity index is 1.83. The van der Waals surface area contributed by atoms with Crippen LogP contribution < -0.4 is 4.74 Å². The number of hydrogen-bond donors (Lipinski definition) is 0. The summed E-state index contributed by atoms with van der Waals surface area (Å²) in [5, 5.41) is 3.21. The first-order valence-corrected chi connectivity index (χ1v) is 9.00. The lowest BCUT2D eigenvalue weighted by molar-refractivity contribution is -0.134. The number of methoxy groups -OCH3 is 1. The van der Waals surface area contributed by atoms with Crippen LogP contribution in [0.2, 0.25) is 0 Å². The third-order valence-corrected chi connectivity index (χ3v) is 5.24. The van der Waals surface area contributed by atoms with E-state index < -0.39 is 0 Å². The Morgan fingerprint density at radius 1 is 1.38 bits per heavy atom. The van der Waals surface area contributed by atoms with E-state index in [1.807, 2.05) is 30.0 Å². The Morgan fingerprint density at radius 3 is 2.83 bits per heavy atom. The molecule has 0 N–H and O–H groups in total. The standard InChI is InChI=1S/C18H23N3O2S/c1-13-19-15(12-24-13)10-20-8-9-21(14(2)22)17(11-20)16-6-4-5-7-18(16)23-3/h4-7,12,17H,8-11H2,1-3H3/t17-/m0/s1. The second-order valence-corrected chi connectivity index (χ2v) is 7.13. The molecule has 1 atom stereocenters. The number of rotatable bonds is 4. The minimum atomic E-state index is 0.00660. The number of thiazole rings is 1. The van der Waals surface area contributed by atoms with Gasteiger partial charge in [0.15, 0.2) is 0 Å². The molecule has 0 aliphatic carbocycles. The summed E-state index contributed by atoms with van der Waals surface area (Å²) in [5.74, 6) is 0.940. The third-order valence-electron chi connectivity index (χ3n) is 4.42. The minimum absolute atomic E-state index is 0.00660. The first-order chi connectivity index (χ1) is 11.6. The Kier molecular flexibility index (Phi) is 5.16. The lowest BCUT2D eigenvalue weighted by atomic mass is 10.0. The minimum Gasteiger partial charge on any atom is -0.496 e. The van der Waals surface area contributed by atoms with E-state index in [-0.39, 0.29) is 11.9 Å². The predicted molar refractivity (Wildman–Crippen MR) is 95.3 cm³/mol. The smallest absolute Gasteiger partial charge is 0.220 e. The van der Waals surface area contributed by atoms with E-state index in [4.69, 9.17) is 4.74 Å². The highest BCUT2D eigenvalue weighted by Crippen LogP contribution is 2.32. The summed E-state index contributed by atoms with van der Waals surface area (Å²) in [7, 11) is 1.68. The van der Waals surface area contributed by atoms with Crippen LogP contribution in [-0.2, 0) is 11.3 Å². The Bertz CT molecular complexity index is 716. The van der Waals surface area contributed by atoms with E-state index in [1.54, 1.807) is 25.4 Å². The number of nitrogens with zero attached hydrogens (tertiary/aromatic N) is 3. The predicted octanol–water partition coefficient (Wildman–Crippen LogP) is 2.87. The average molecular weight is 345 g/mol. The molecule has 1 aliphatic heterocycles. The van der Waals surface area contributed by atoms with Crippen molar-refractivity contribution in [3.63, 3.8) is 0 Å². The maximum atomic E-state index is 12.1. The zero-order chi connectivity index (χ0) is 17.1. The van der Waals surface area contributed by atoms with Gasteiger partial charge in [-0.3, -0.25) is 9.69 Å². The van der Waals surface area contributed by atoms with Gasteiger partial charge in [-0.15, -0.1) is 11.3 Å². The van der Waals surface area contributed by atoms with E-state index >= 15 is 0 Å². The van der Waals surface area contributed by atoms with Crippen LogP contribution in [0.3, 0.4) is 0 Å². The van der Waals surface area contributed by atoms with Gasteiger partial charge < -0.3 is 9.64 Å². The van der Waals surface area contributed by atoms with Crippen molar-refractivity contribution in [1.29, 1.82) is 0 Å². The molecule has 128 valence electrons. The van der Waals surface area contributed by atoms with Crippen molar-refractivity contribution in [2.45, 2.75) is 26.4 Å². The Labute approximate surface area is 146 Å². The highest BCUT2D eigenvalue weighted by molar-refractivity contribution is 7.09. The van der Waals surface area contributed by atoms with Gasteiger partial charge in [-0.05, 0) is 13.0 Å². The van der Waals surface area contributed by atoms with Crippen LogP contribution in [0.4, 0.5) is 0 Å². The van der Waals surface area contributed by atoms with Gasteiger partial charge in [0.2, 0.25) is 5.91 Å². The monoisotopic (exact) mass is 345 g/mol. The molecule has 1 aromatic heterocycles. The lowest BCUT2D eigenvalue weighted by Gasteiger charge is -2.41. The quantitative estimate of drug-likeness (QED) is 0.855. The van der Waals surface area contributed by atoms with E-state index in [0.29, 0.717) is 0 Å². The van der Waals surface area contributed by atoms with Crippen LogP contribution in [0.1, 0.15) is 29.2 Å². The van der Waals surface area contributed by atoms with E-state index in [9.17, 15) is 4.79 Å². The van der Waals surface area contributed by atoms with Gasteiger partial charge in [-0.25, -0.2) is 4.98 Å². The SMILES string of the molecule is COc1ccccc1[C@@H]1CN(Cc2csc(C)n2)CCN1C(C)=O. The largest absolute Gasteiger partial charge is 0.496 e. The first kappa shape index (κ1) is 16.9. The molecular weight excluding hydrogens is 322 g/mol. The summed E-state index contributed by atoms with van der Waals surface area (Å²) in [4.78, 5) is 21.0. The van der Waals surface area contributed by atoms with E-state index in [0.717, 1.165) is 48.2 Å². The Morgan fingerprint density at radius 2 is 2.17 bits per heavy atom. The molecule has 1 fully saturated rings. The molecule has 2 aromatic rings.